The molecule has 44 heavy (non-hydrogen) atoms. The van der Waals surface area contributed by atoms with E-state index >= 15 is 0 Å². The van der Waals surface area contributed by atoms with E-state index in [-0.39, 0.29) is 32.2 Å². The first-order valence-electron chi connectivity index (χ1n) is 14.4. The van der Waals surface area contributed by atoms with E-state index in [0.29, 0.717) is 5.56 Å². The Labute approximate surface area is 271 Å². The van der Waals surface area contributed by atoms with Crippen LogP contribution in [-0.2, 0) is 26.5 Å². The molecule has 220 valence electrons. The van der Waals surface area contributed by atoms with Gasteiger partial charge in [0, 0.05) is 62.0 Å². The van der Waals surface area contributed by atoms with Gasteiger partial charge in [0.15, 0.2) is 0 Å². The minimum atomic E-state index is 0. The van der Waals surface area contributed by atoms with E-state index in [0.717, 1.165) is 55.7 Å². The van der Waals surface area contributed by atoms with Gasteiger partial charge in [-0.1, -0.05) is 79.9 Å². The third kappa shape index (κ3) is 5.22. The number of hydrogen-bond donors (Lipinski definition) is 1. The van der Waals surface area contributed by atoms with Crippen molar-refractivity contribution < 1.29 is 26.2 Å². The average Bonchev–Trinajstić information content (AvgIpc) is 3.41. The topological polar surface area (TPSA) is 63.8 Å². The molecule has 0 unspecified atom stereocenters. The number of benzene rings is 4. The number of aromatic nitrogens is 4. The molecule has 0 saturated heterocycles. The second kappa shape index (κ2) is 11.5. The van der Waals surface area contributed by atoms with Crippen LogP contribution in [0.2, 0.25) is 0 Å². The quantitative estimate of drug-likeness (QED) is 0.182. The molecule has 0 bridgehead atoms. The van der Waals surface area contributed by atoms with Crippen LogP contribution in [0.25, 0.3) is 61.3 Å². The summed E-state index contributed by atoms with van der Waals surface area (Å²) in [5, 5.41) is 11.8. The van der Waals surface area contributed by atoms with Gasteiger partial charge in [-0.3, -0.25) is 15.0 Å². The molecule has 3 heterocycles. The Morgan fingerprint density at radius 3 is 2.30 bits per heavy atom. The molecule has 0 aliphatic carbocycles. The number of pyridine rings is 2. The van der Waals surface area contributed by atoms with Gasteiger partial charge >= 0.3 is 0 Å². The smallest absolute Gasteiger partial charge is 0.126 e. The Kier molecular flexibility index (Phi) is 7.69. The number of rotatable bonds is 4. The summed E-state index contributed by atoms with van der Waals surface area (Å²) in [4.78, 5) is 14.2. The number of aromatic hydroxyl groups is 1. The molecule has 4 aromatic carbocycles. The van der Waals surface area contributed by atoms with E-state index in [4.69, 9.17) is 9.97 Å². The van der Waals surface area contributed by atoms with Crippen LogP contribution < -0.4 is 0 Å². The predicted molar refractivity (Wildman–Crippen MR) is 174 cm³/mol. The second-order valence-electron chi connectivity index (χ2n) is 12.0. The summed E-state index contributed by atoms with van der Waals surface area (Å²) >= 11 is 0. The first kappa shape index (κ1) is 29.5. The van der Waals surface area contributed by atoms with Crippen LogP contribution in [0.1, 0.15) is 31.9 Å². The third-order valence-electron chi connectivity index (χ3n) is 7.94. The van der Waals surface area contributed by atoms with Crippen LogP contribution >= 0.6 is 0 Å². The van der Waals surface area contributed by atoms with E-state index in [1.165, 1.54) is 11.1 Å². The van der Waals surface area contributed by atoms with Crippen LogP contribution in [0.3, 0.4) is 0 Å². The first-order chi connectivity index (χ1) is 20.8. The Balaban J connectivity index is 0.00000343. The zero-order valence-electron chi connectivity index (χ0n) is 24.9. The van der Waals surface area contributed by atoms with Crippen LogP contribution in [0.5, 0.6) is 5.75 Å². The van der Waals surface area contributed by atoms with Crippen LogP contribution in [0.15, 0.2) is 110 Å². The Morgan fingerprint density at radius 1 is 0.750 bits per heavy atom. The zero-order valence-corrected chi connectivity index (χ0v) is 27.2. The monoisotopic (exact) mass is 754 g/mol. The molecule has 0 spiro atoms. The molecule has 5 nitrogen and oxygen atoms in total. The fourth-order valence-corrected chi connectivity index (χ4v) is 5.77. The zero-order chi connectivity index (χ0) is 29.7. The van der Waals surface area contributed by atoms with E-state index in [2.05, 4.69) is 110 Å². The fraction of sp³-hybridized carbons (Fsp3) is 0.132. The summed E-state index contributed by atoms with van der Waals surface area (Å²) in [6.45, 7) is 8.76. The van der Waals surface area contributed by atoms with Gasteiger partial charge in [-0.15, -0.1) is 29.8 Å². The van der Waals surface area contributed by atoms with Crippen molar-refractivity contribution in [2.24, 2.45) is 0 Å². The summed E-state index contributed by atoms with van der Waals surface area (Å²) < 4.78 is 2.18. The normalized spacial score (nSPS) is 11.5. The number of hydrogen-bond acceptors (Lipinski definition) is 4. The average molecular weight is 755 g/mol. The Bertz CT molecular complexity index is 2140. The second-order valence-corrected chi connectivity index (χ2v) is 12.0. The van der Waals surface area contributed by atoms with E-state index in [1.807, 2.05) is 24.4 Å². The molecular formula is C38H31N4OPt-. The maximum absolute atomic E-state index is 10.7. The molecule has 3 aromatic heterocycles. The minimum Gasteiger partial charge on any atom is -0.507 e. The summed E-state index contributed by atoms with van der Waals surface area (Å²) in [7, 11) is 0. The van der Waals surface area contributed by atoms with Crippen LogP contribution in [-0.4, -0.2) is 24.6 Å². The molecule has 0 fully saturated rings. The molecule has 7 rings (SSSR count). The van der Waals surface area contributed by atoms with Crippen molar-refractivity contribution in [2.45, 2.75) is 33.1 Å². The van der Waals surface area contributed by atoms with Crippen molar-refractivity contribution in [2.75, 3.05) is 0 Å². The summed E-state index contributed by atoms with van der Waals surface area (Å²) in [5.41, 5.74) is 10.4. The Morgan fingerprint density at radius 2 is 1.52 bits per heavy atom. The first-order valence-corrected chi connectivity index (χ1v) is 14.4. The van der Waals surface area contributed by atoms with E-state index in [9.17, 15) is 5.11 Å². The number of imidazole rings is 1. The standard InChI is InChI=1S/C38H31N4O.Pt/c1-24-20-26-10-7-18-40-35(26)31(21-24)25-8-5-9-27(22-25)37-41-36-30(32-23-39-19-17-34(32)43)11-6-12-33(36)42(37)29-15-13-28(14-16-29)38(2,3)4;/h5-21,23H,1-4H3,(H,39,43);/q-1;. The van der Waals surface area contributed by atoms with Gasteiger partial charge in [0.05, 0.1) is 16.9 Å². The number of aryl methyl sites for hydroxylation is 1. The maximum atomic E-state index is 10.7. The Hall–Kier alpha value is -4.60. The van der Waals surface area contributed by atoms with Gasteiger partial charge in [-0.25, -0.2) is 0 Å². The molecule has 7 aromatic rings. The van der Waals surface area contributed by atoms with E-state index < -0.39 is 0 Å². The summed E-state index contributed by atoms with van der Waals surface area (Å²) in [6, 6.07) is 34.6. The predicted octanol–water partition coefficient (Wildman–Crippen LogP) is 9.08. The van der Waals surface area contributed by atoms with Crippen molar-refractivity contribution >= 4 is 21.9 Å². The molecule has 6 heteroatoms. The molecule has 0 aliphatic rings. The van der Waals surface area contributed by atoms with E-state index in [1.54, 1.807) is 18.5 Å². The molecule has 0 saturated carbocycles. The molecule has 0 radical (unpaired) electrons. The van der Waals surface area contributed by atoms with Crippen LogP contribution in [0.4, 0.5) is 0 Å². The summed E-state index contributed by atoms with van der Waals surface area (Å²) in [5.74, 6) is 0.932. The van der Waals surface area contributed by atoms with Crippen LogP contribution in [0, 0.1) is 13.0 Å². The third-order valence-corrected chi connectivity index (χ3v) is 7.94. The number of fused-ring (bicyclic) bond motifs is 2. The largest absolute Gasteiger partial charge is 0.507 e. The molecule has 0 amide bonds. The molecular weight excluding hydrogens is 724 g/mol. The van der Waals surface area contributed by atoms with Crippen molar-refractivity contribution in [1.29, 1.82) is 0 Å². The SMILES string of the molecule is Cc1cc(-c2[c-]c(-c3nc4c(-c5cnccc5O)cccc4n3-c3ccc(C(C)(C)C)cc3)ccc2)c2ncccc2c1.[Pt]. The van der Waals surface area contributed by atoms with Crippen molar-refractivity contribution in [3.8, 4) is 45.1 Å². The van der Waals surface area contributed by atoms with Crippen molar-refractivity contribution in [1.82, 2.24) is 19.5 Å². The molecule has 1 N–H and O–H groups in total. The maximum Gasteiger partial charge on any atom is 0.126 e. The fourth-order valence-electron chi connectivity index (χ4n) is 5.77. The van der Waals surface area contributed by atoms with Crippen molar-refractivity contribution in [3.05, 3.63) is 127 Å². The molecule has 0 aliphatic heterocycles. The summed E-state index contributed by atoms with van der Waals surface area (Å²) in [6.07, 6.45) is 5.11. The van der Waals surface area contributed by atoms with Gasteiger partial charge in [-0.05, 0) is 53.6 Å². The van der Waals surface area contributed by atoms with Crippen molar-refractivity contribution in [3.63, 3.8) is 0 Å². The molecule has 0 atom stereocenters. The number of para-hydroxylation sites is 1. The van der Waals surface area contributed by atoms with Gasteiger partial charge in [0.2, 0.25) is 0 Å². The van der Waals surface area contributed by atoms with Gasteiger partial charge in [-0.2, -0.15) is 0 Å². The minimum absolute atomic E-state index is 0. The van der Waals surface area contributed by atoms with Gasteiger partial charge in [0.25, 0.3) is 0 Å². The van der Waals surface area contributed by atoms with Gasteiger partial charge in [0.1, 0.15) is 5.75 Å². The van der Waals surface area contributed by atoms with Gasteiger partial charge < -0.3 is 9.67 Å². The number of nitrogens with zero attached hydrogens (tertiary/aromatic N) is 4.